The summed E-state index contributed by atoms with van der Waals surface area (Å²) in [7, 11) is 0. The maximum Gasteiger partial charge on any atom is 0.371 e. The summed E-state index contributed by atoms with van der Waals surface area (Å²) in [6.45, 7) is 0.301. The minimum atomic E-state index is -1.11. The Morgan fingerprint density at radius 2 is 2.33 bits per heavy atom. The zero-order valence-corrected chi connectivity index (χ0v) is 9.25. The lowest BCUT2D eigenvalue weighted by Crippen LogP contribution is -2.00. The van der Waals surface area contributed by atoms with Gasteiger partial charge in [0.25, 0.3) is 0 Å². The summed E-state index contributed by atoms with van der Waals surface area (Å²) in [4.78, 5) is 14.6. The number of nitrogens with one attached hydrogen (secondary N) is 1. The predicted molar refractivity (Wildman–Crippen MR) is 61.9 cm³/mol. The predicted octanol–water partition coefficient (Wildman–Crippen LogP) is 1.86. The van der Waals surface area contributed by atoms with Gasteiger partial charge >= 0.3 is 5.97 Å². The molecule has 0 saturated heterocycles. The molecule has 2 rings (SSSR count). The summed E-state index contributed by atoms with van der Waals surface area (Å²) in [5.41, 5.74) is 0.498. The highest BCUT2D eigenvalue weighted by atomic mass is 16.4. The number of pyridine rings is 1. The average molecular weight is 243 g/mol. The number of carbonyl (C=O) groups is 1. The van der Waals surface area contributed by atoms with Gasteiger partial charge in [-0.25, -0.2) is 9.78 Å². The fourth-order valence-electron chi connectivity index (χ4n) is 1.36. The number of nitrogens with zero attached hydrogens (tertiary/aromatic N) is 2. The molecular weight excluding hydrogens is 234 g/mol. The first-order valence-electron chi connectivity index (χ1n) is 5.11. The van der Waals surface area contributed by atoms with E-state index in [0.29, 0.717) is 23.7 Å². The normalized spacial score (nSPS) is 9.72. The number of aromatic nitrogens is 1. The lowest BCUT2D eigenvalue weighted by Gasteiger charge is -2.02. The smallest absolute Gasteiger partial charge is 0.371 e. The molecule has 6 heteroatoms. The van der Waals surface area contributed by atoms with E-state index in [0.717, 1.165) is 0 Å². The Hall–Kier alpha value is -2.81. The van der Waals surface area contributed by atoms with Crippen molar-refractivity contribution < 1.29 is 14.3 Å². The highest BCUT2D eigenvalue weighted by Gasteiger charge is 2.08. The van der Waals surface area contributed by atoms with E-state index >= 15 is 0 Å². The van der Waals surface area contributed by atoms with Crippen LogP contribution in [0.1, 0.15) is 21.9 Å². The molecule has 0 aliphatic heterocycles. The van der Waals surface area contributed by atoms with Crippen LogP contribution in [0.3, 0.4) is 0 Å². The molecule has 0 saturated carbocycles. The molecule has 6 nitrogen and oxygen atoms in total. The molecule has 18 heavy (non-hydrogen) atoms. The molecule has 2 heterocycles. The SMILES string of the molecule is N#Cc1ccnc(NCc2ccc(C(=O)O)o2)c1. The van der Waals surface area contributed by atoms with Crippen molar-refractivity contribution in [1.29, 1.82) is 5.26 Å². The molecule has 0 aliphatic carbocycles. The summed E-state index contributed by atoms with van der Waals surface area (Å²) >= 11 is 0. The molecule has 0 atom stereocenters. The van der Waals surface area contributed by atoms with E-state index in [1.54, 1.807) is 18.2 Å². The third kappa shape index (κ3) is 2.65. The molecule has 0 unspecified atom stereocenters. The number of hydrogen-bond acceptors (Lipinski definition) is 5. The summed E-state index contributed by atoms with van der Waals surface area (Å²) in [6.07, 6.45) is 1.52. The minimum absolute atomic E-state index is 0.106. The van der Waals surface area contributed by atoms with E-state index < -0.39 is 5.97 Å². The van der Waals surface area contributed by atoms with Gasteiger partial charge in [-0.05, 0) is 24.3 Å². The van der Waals surface area contributed by atoms with Crippen LogP contribution in [0.4, 0.5) is 5.82 Å². The second-order valence-electron chi connectivity index (χ2n) is 3.47. The van der Waals surface area contributed by atoms with E-state index in [9.17, 15) is 4.79 Å². The molecule has 90 valence electrons. The number of furan rings is 1. The van der Waals surface area contributed by atoms with Crippen molar-refractivity contribution in [3.05, 3.63) is 47.5 Å². The van der Waals surface area contributed by atoms with Crippen LogP contribution in [0.2, 0.25) is 0 Å². The van der Waals surface area contributed by atoms with Gasteiger partial charge in [0.1, 0.15) is 11.6 Å². The Morgan fingerprint density at radius 1 is 1.50 bits per heavy atom. The summed E-state index contributed by atoms with van der Waals surface area (Å²) in [5.74, 6) is -0.199. The van der Waals surface area contributed by atoms with E-state index in [-0.39, 0.29) is 5.76 Å². The molecule has 0 radical (unpaired) electrons. The Labute approximate surface area is 102 Å². The highest BCUT2D eigenvalue weighted by molar-refractivity contribution is 5.84. The zero-order valence-electron chi connectivity index (χ0n) is 9.25. The van der Waals surface area contributed by atoms with Gasteiger partial charge in [0.05, 0.1) is 18.2 Å². The van der Waals surface area contributed by atoms with Crippen LogP contribution in [-0.2, 0) is 6.54 Å². The van der Waals surface area contributed by atoms with E-state index in [4.69, 9.17) is 14.8 Å². The van der Waals surface area contributed by atoms with Crippen molar-refractivity contribution in [3.8, 4) is 6.07 Å². The van der Waals surface area contributed by atoms with Gasteiger partial charge in [-0.15, -0.1) is 0 Å². The van der Waals surface area contributed by atoms with Crippen molar-refractivity contribution in [2.24, 2.45) is 0 Å². The molecule has 0 aromatic carbocycles. The second-order valence-corrected chi connectivity index (χ2v) is 3.47. The first kappa shape index (κ1) is 11.7. The summed E-state index contributed by atoms with van der Waals surface area (Å²) in [5, 5.41) is 20.4. The fourth-order valence-corrected chi connectivity index (χ4v) is 1.36. The Kier molecular flexibility index (Phi) is 3.25. The van der Waals surface area contributed by atoms with Crippen molar-refractivity contribution >= 4 is 11.8 Å². The van der Waals surface area contributed by atoms with Crippen LogP contribution in [0.15, 0.2) is 34.9 Å². The number of aromatic carboxylic acids is 1. The maximum atomic E-state index is 10.6. The zero-order chi connectivity index (χ0) is 13.0. The standard InChI is InChI=1S/C12H9N3O3/c13-6-8-3-4-14-11(5-8)15-7-9-1-2-10(18-9)12(16)17/h1-5H,7H2,(H,14,15)(H,16,17). The first-order chi connectivity index (χ1) is 8.69. The quantitative estimate of drug-likeness (QED) is 0.850. The molecular formula is C12H9N3O3. The minimum Gasteiger partial charge on any atom is -0.475 e. The molecule has 2 aromatic heterocycles. The first-order valence-corrected chi connectivity index (χ1v) is 5.11. The number of anilines is 1. The number of hydrogen-bond donors (Lipinski definition) is 2. The molecule has 2 aromatic rings. The van der Waals surface area contributed by atoms with Gasteiger partial charge < -0.3 is 14.8 Å². The van der Waals surface area contributed by atoms with Crippen LogP contribution in [0.5, 0.6) is 0 Å². The Morgan fingerprint density at radius 3 is 3.00 bits per heavy atom. The number of nitriles is 1. The van der Waals surface area contributed by atoms with Gasteiger partial charge in [0, 0.05) is 6.20 Å². The van der Waals surface area contributed by atoms with Crippen molar-refractivity contribution in [2.45, 2.75) is 6.54 Å². The lowest BCUT2D eigenvalue weighted by atomic mass is 10.3. The lowest BCUT2D eigenvalue weighted by molar-refractivity contribution is 0.0660. The van der Waals surface area contributed by atoms with Gasteiger partial charge in [-0.3, -0.25) is 0 Å². The Bertz CT molecular complexity index is 613. The van der Waals surface area contributed by atoms with Crippen molar-refractivity contribution in [3.63, 3.8) is 0 Å². The van der Waals surface area contributed by atoms with Crippen LogP contribution in [0.25, 0.3) is 0 Å². The Balaban J connectivity index is 2.02. The molecule has 0 spiro atoms. The van der Waals surface area contributed by atoms with E-state index in [1.165, 1.54) is 12.3 Å². The number of carboxylic acids is 1. The molecule has 0 bridgehead atoms. The fraction of sp³-hybridized carbons (Fsp3) is 0.0833. The average Bonchev–Trinajstić information content (AvgIpc) is 2.85. The molecule has 0 fully saturated rings. The van der Waals surface area contributed by atoms with Crippen LogP contribution in [-0.4, -0.2) is 16.1 Å². The van der Waals surface area contributed by atoms with Crippen LogP contribution >= 0.6 is 0 Å². The molecule has 0 aliphatic rings. The topological polar surface area (TPSA) is 99.2 Å². The second kappa shape index (κ2) is 5.01. The third-order valence-corrected chi connectivity index (χ3v) is 2.21. The van der Waals surface area contributed by atoms with Crippen LogP contribution in [0, 0.1) is 11.3 Å². The molecule has 2 N–H and O–H groups in total. The van der Waals surface area contributed by atoms with Crippen LogP contribution < -0.4 is 5.32 Å². The van der Waals surface area contributed by atoms with Gasteiger partial charge in [0.2, 0.25) is 5.76 Å². The van der Waals surface area contributed by atoms with E-state index in [1.807, 2.05) is 6.07 Å². The summed E-state index contributed by atoms with van der Waals surface area (Å²) < 4.78 is 5.07. The molecule has 0 amide bonds. The maximum absolute atomic E-state index is 10.6. The van der Waals surface area contributed by atoms with Gasteiger partial charge in [0.15, 0.2) is 0 Å². The van der Waals surface area contributed by atoms with E-state index in [2.05, 4.69) is 10.3 Å². The number of rotatable bonds is 4. The third-order valence-electron chi connectivity index (χ3n) is 2.21. The monoisotopic (exact) mass is 243 g/mol. The number of carboxylic acid groups (broad SMARTS) is 1. The van der Waals surface area contributed by atoms with Crippen molar-refractivity contribution in [1.82, 2.24) is 4.98 Å². The van der Waals surface area contributed by atoms with Gasteiger partial charge in [-0.1, -0.05) is 0 Å². The van der Waals surface area contributed by atoms with Crippen molar-refractivity contribution in [2.75, 3.05) is 5.32 Å². The van der Waals surface area contributed by atoms with Gasteiger partial charge in [-0.2, -0.15) is 5.26 Å². The largest absolute Gasteiger partial charge is 0.475 e. The summed E-state index contributed by atoms with van der Waals surface area (Å²) in [6, 6.07) is 8.16. The highest BCUT2D eigenvalue weighted by Crippen LogP contribution is 2.11.